The molecule has 1 aliphatic carbocycles. The van der Waals surface area contributed by atoms with E-state index in [1.165, 1.54) is 0 Å². The third-order valence-corrected chi connectivity index (χ3v) is 4.15. The van der Waals surface area contributed by atoms with Gasteiger partial charge in [-0.25, -0.2) is 0 Å². The molecular weight excluding hydrogens is 244 g/mol. The zero-order valence-electron chi connectivity index (χ0n) is 10.7. The Hall–Kier alpha value is -1.62. The maximum atomic E-state index is 10.8. The number of aliphatic carboxylic acids is 1. The van der Waals surface area contributed by atoms with Crippen molar-refractivity contribution < 1.29 is 14.6 Å². The summed E-state index contributed by atoms with van der Waals surface area (Å²) in [5.41, 5.74) is 0. The summed E-state index contributed by atoms with van der Waals surface area (Å²) in [4.78, 5) is 16.8. The summed E-state index contributed by atoms with van der Waals surface area (Å²) in [6.45, 7) is 1.87. The standard InChI is InChI=1S/C14H18N2O3/c17-14(18)9-16-7-10-3-4-13(12(10)8-16)19-11-2-1-5-15-6-11/h1-2,5-6,10,12-13H,3-4,7-9H2,(H,17,18)/t10-,12+,13-/m1/s1. The zero-order valence-corrected chi connectivity index (χ0v) is 10.7. The molecule has 1 N–H and O–H groups in total. The molecule has 0 spiro atoms. The number of hydrogen-bond donors (Lipinski definition) is 1. The molecule has 0 radical (unpaired) electrons. The predicted molar refractivity (Wildman–Crippen MR) is 68.9 cm³/mol. The van der Waals surface area contributed by atoms with Crippen LogP contribution in [0, 0.1) is 11.8 Å². The van der Waals surface area contributed by atoms with Gasteiger partial charge in [0.15, 0.2) is 0 Å². The molecule has 3 atom stereocenters. The van der Waals surface area contributed by atoms with E-state index in [1.807, 2.05) is 17.0 Å². The largest absolute Gasteiger partial charge is 0.488 e. The van der Waals surface area contributed by atoms with Gasteiger partial charge in [-0.15, -0.1) is 0 Å². The van der Waals surface area contributed by atoms with Gasteiger partial charge in [0.05, 0.1) is 12.7 Å². The SMILES string of the molecule is O=C(O)CN1C[C@H]2CC[C@@H](Oc3cccnc3)[C@H]2C1. The Bertz CT molecular complexity index is 451. The summed E-state index contributed by atoms with van der Waals surface area (Å²) in [6.07, 6.45) is 5.86. The van der Waals surface area contributed by atoms with Gasteiger partial charge < -0.3 is 9.84 Å². The molecule has 0 bridgehead atoms. The number of pyridine rings is 1. The minimum absolute atomic E-state index is 0.145. The summed E-state index contributed by atoms with van der Waals surface area (Å²) >= 11 is 0. The van der Waals surface area contributed by atoms with Crippen LogP contribution in [0.25, 0.3) is 0 Å². The van der Waals surface area contributed by atoms with Crippen LogP contribution in [0.5, 0.6) is 5.75 Å². The van der Waals surface area contributed by atoms with Crippen LogP contribution in [0.15, 0.2) is 24.5 Å². The Morgan fingerprint density at radius 2 is 2.37 bits per heavy atom. The molecule has 0 aromatic carbocycles. The van der Waals surface area contributed by atoms with E-state index in [2.05, 4.69) is 4.98 Å². The molecule has 1 aromatic heterocycles. The molecule has 1 saturated carbocycles. The average molecular weight is 262 g/mol. The molecule has 1 aliphatic heterocycles. The van der Waals surface area contributed by atoms with Crippen molar-refractivity contribution in [3.63, 3.8) is 0 Å². The van der Waals surface area contributed by atoms with Gasteiger partial charge in [0.1, 0.15) is 11.9 Å². The molecule has 0 unspecified atom stereocenters. The van der Waals surface area contributed by atoms with Crippen molar-refractivity contribution in [2.45, 2.75) is 18.9 Å². The number of likely N-dealkylation sites (tertiary alicyclic amines) is 1. The number of nitrogens with zero attached hydrogens (tertiary/aromatic N) is 2. The highest BCUT2D eigenvalue weighted by Gasteiger charge is 2.44. The fraction of sp³-hybridized carbons (Fsp3) is 0.571. The Labute approximate surface area is 112 Å². The molecule has 2 aliphatic rings. The summed E-state index contributed by atoms with van der Waals surface area (Å²) < 4.78 is 6.01. The molecule has 1 saturated heterocycles. The van der Waals surface area contributed by atoms with E-state index in [9.17, 15) is 4.79 Å². The monoisotopic (exact) mass is 262 g/mol. The molecule has 19 heavy (non-hydrogen) atoms. The van der Waals surface area contributed by atoms with Crippen molar-refractivity contribution in [2.24, 2.45) is 11.8 Å². The van der Waals surface area contributed by atoms with Crippen LogP contribution in [0.3, 0.4) is 0 Å². The zero-order chi connectivity index (χ0) is 13.2. The van der Waals surface area contributed by atoms with Crippen molar-refractivity contribution in [3.8, 4) is 5.75 Å². The number of carboxylic acid groups (broad SMARTS) is 1. The van der Waals surface area contributed by atoms with Gasteiger partial charge in [0.25, 0.3) is 0 Å². The quantitative estimate of drug-likeness (QED) is 0.885. The first-order valence-electron chi connectivity index (χ1n) is 6.73. The highest BCUT2D eigenvalue weighted by molar-refractivity contribution is 5.69. The highest BCUT2D eigenvalue weighted by atomic mass is 16.5. The van der Waals surface area contributed by atoms with E-state index in [0.717, 1.165) is 31.7 Å². The van der Waals surface area contributed by atoms with Crippen molar-refractivity contribution in [2.75, 3.05) is 19.6 Å². The van der Waals surface area contributed by atoms with E-state index >= 15 is 0 Å². The minimum atomic E-state index is -0.746. The first-order chi connectivity index (χ1) is 9.22. The Morgan fingerprint density at radius 1 is 1.47 bits per heavy atom. The Kier molecular flexibility index (Phi) is 3.38. The number of rotatable bonds is 4. The van der Waals surface area contributed by atoms with Gasteiger partial charge in [0.2, 0.25) is 0 Å². The highest BCUT2D eigenvalue weighted by Crippen LogP contribution is 2.39. The number of carboxylic acids is 1. The maximum absolute atomic E-state index is 10.8. The van der Waals surface area contributed by atoms with Crippen LogP contribution in [-0.4, -0.2) is 46.7 Å². The maximum Gasteiger partial charge on any atom is 0.317 e. The van der Waals surface area contributed by atoms with Gasteiger partial charge >= 0.3 is 5.97 Å². The van der Waals surface area contributed by atoms with Crippen molar-refractivity contribution in [1.82, 2.24) is 9.88 Å². The number of aromatic nitrogens is 1. The normalized spacial score (nSPS) is 30.2. The number of carbonyl (C=O) groups is 1. The molecule has 0 amide bonds. The van der Waals surface area contributed by atoms with E-state index in [-0.39, 0.29) is 12.6 Å². The fourth-order valence-electron chi connectivity index (χ4n) is 3.37. The second-order valence-electron chi connectivity index (χ2n) is 5.43. The van der Waals surface area contributed by atoms with Gasteiger partial charge in [0, 0.05) is 25.2 Å². The number of ether oxygens (including phenoxy) is 1. The van der Waals surface area contributed by atoms with Crippen molar-refractivity contribution >= 4 is 5.97 Å². The van der Waals surface area contributed by atoms with Crippen LogP contribution in [0.4, 0.5) is 0 Å². The van der Waals surface area contributed by atoms with E-state index < -0.39 is 5.97 Å². The Morgan fingerprint density at radius 3 is 3.11 bits per heavy atom. The molecule has 2 heterocycles. The molecule has 1 aromatic rings. The lowest BCUT2D eigenvalue weighted by molar-refractivity contribution is -0.138. The third-order valence-electron chi connectivity index (χ3n) is 4.15. The topological polar surface area (TPSA) is 62.7 Å². The molecule has 102 valence electrons. The van der Waals surface area contributed by atoms with Gasteiger partial charge in [-0.05, 0) is 30.9 Å². The van der Waals surface area contributed by atoms with E-state index in [4.69, 9.17) is 9.84 Å². The lowest BCUT2D eigenvalue weighted by Gasteiger charge is -2.21. The average Bonchev–Trinajstić information content (AvgIpc) is 2.92. The number of hydrogen-bond acceptors (Lipinski definition) is 4. The third kappa shape index (κ3) is 2.71. The second kappa shape index (κ2) is 5.17. The smallest absolute Gasteiger partial charge is 0.317 e. The van der Waals surface area contributed by atoms with Gasteiger partial charge in [-0.1, -0.05) is 0 Å². The van der Waals surface area contributed by atoms with Crippen LogP contribution >= 0.6 is 0 Å². The van der Waals surface area contributed by atoms with Gasteiger partial charge in [-0.3, -0.25) is 14.7 Å². The summed E-state index contributed by atoms with van der Waals surface area (Å²) in [5, 5.41) is 8.86. The molecular formula is C14H18N2O3. The van der Waals surface area contributed by atoms with E-state index in [1.54, 1.807) is 12.4 Å². The fourth-order valence-corrected chi connectivity index (χ4v) is 3.37. The van der Waals surface area contributed by atoms with Crippen molar-refractivity contribution in [1.29, 1.82) is 0 Å². The lowest BCUT2D eigenvalue weighted by atomic mass is 9.99. The molecule has 2 fully saturated rings. The Balaban J connectivity index is 1.61. The minimum Gasteiger partial charge on any atom is -0.488 e. The van der Waals surface area contributed by atoms with Gasteiger partial charge in [-0.2, -0.15) is 0 Å². The van der Waals surface area contributed by atoms with Crippen LogP contribution in [0.1, 0.15) is 12.8 Å². The first kappa shape index (κ1) is 12.4. The summed E-state index contributed by atoms with van der Waals surface area (Å²) in [5.74, 6) is 1.11. The predicted octanol–water partition coefficient (Wildman–Crippen LogP) is 1.26. The molecule has 3 rings (SSSR count). The summed E-state index contributed by atoms with van der Waals surface area (Å²) in [6, 6.07) is 3.79. The lowest BCUT2D eigenvalue weighted by Crippen LogP contribution is -2.31. The van der Waals surface area contributed by atoms with Crippen LogP contribution < -0.4 is 4.74 Å². The van der Waals surface area contributed by atoms with Crippen molar-refractivity contribution in [3.05, 3.63) is 24.5 Å². The van der Waals surface area contributed by atoms with Crippen LogP contribution in [0.2, 0.25) is 0 Å². The molecule has 5 heteroatoms. The second-order valence-corrected chi connectivity index (χ2v) is 5.43. The number of fused-ring (bicyclic) bond motifs is 1. The summed E-state index contributed by atoms with van der Waals surface area (Å²) in [7, 11) is 0. The first-order valence-corrected chi connectivity index (χ1v) is 6.73. The van der Waals surface area contributed by atoms with E-state index in [0.29, 0.717) is 11.8 Å². The molecule has 5 nitrogen and oxygen atoms in total. The van der Waals surface area contributed by atoms with Crippen LogP contribution in [-0.2, 0) is 4.79 Å².